The predicted octanol–water partition coefficient (Wildman–Crippen LogP) is 5.08. The molecule has 1 aliphatic rings. The minimum Gasteiger partial charge on any atom is -0.314 e. The summed E-state index contributed by atoms with van der Waals surface area (Å²) in [6, 6.07) is 9.01. The Balaban J connectivity index is 2.04. The lowest BCUT2D eigenvalue weighted by atomic mass is 9.74. The highest BCUT2D eigenvalue weighted by Crippen LogP contribution is 2.34. The molecular weight excluding hydrogens is 266 g/mol. The monoisotopic (exact) mass is 293 g/mol. The van der Waals surface area contributed by atoms with E-state index in [2.05, 4.69) is 31.3 Å². The van der Waals surface area contributed by atoms with Crippen LogP contribution in [-0.2, 0) is 6.42 Å². The number of hydrogen-bond acceptors (Lipinski definition) is 1. The molecule has 112 valence electrons. The van der Waals surface area contributed by atoms with Gasteiger partial charge in [-0.2, -0.15) is 0 Å². The molecule has 3 atom stereocenters. The largest absolute Gasteiger partial charge is 0.314 e. The van der Waals surface area contributed by atoms with E-state index in [1.165, 1.54) is 37.7 Å². The Morgan fingerprint density at radius 1 is 1.20 bits per heavy atom. The van der Waals surface area contributed by atoms with Crippen LogP contribution >= 0.6 is 11.6 Å². The molecule has 0 amide bonds. The molecule has 0 heterocycles. The zero-order valence-electron chi connectivity index (χ0n) is 12.9. The van der Waals surface area contributed by atoms with Crippen molar-refractivity contribution >= 4 is 11.6 Å². The molecule has 20 heavy (non-hydrogen) atoms. The standard InChI is InChI=1S/C18H28ClN/c1-3-11-20-18-10-9-14(4-2)12-16(18)13-15-7-5-6-8-17(15)19/h5-8,14,16,18,20H,3-4,9-13H2,1-2H3. The van der Waals surface area contributed by atoms with Gasteiger partial charge in [-0.3, -0.25) is 0 Å². The molecule has 1 aliphatic carbocycles. The Kier molecular flexibility index (Phi) is 6.38. The van der Waals surface area contributed by atoms with Gasteiger partial charge in [0.05, 0.1) is 0 Å². The third-order valence-electron chi connectivity index (χ3n) is 4.76. The van der Waals surface area contributed by atoms with E-state index in [-0.39, 0.29) is 0 Å². The fourth-order valence-electron chi connectivity index (χ4n) is 3.50. The van der Waals surface area contributed by atoms with E-state index in [0.29, 0.717) is 6.04 Å². The van der Waals surface area contributed by atoms with Crippen LogP contribution in [0.25, 0.3) is 0 Å². The molecule has 3 unspecified atom stereocenters. The van der Waals surface area contributed by atoms with Crippen molar-refractivity contribution in [3.8, 4) is 0 Å². The smallest absolute Gasteiger partial charge is 0.0438 e. The second-order valence-corrected chi connectivity index (χ2v) is 6.61. The molecule has 0 aliphatic heterocycles. The highest BCUT2D eigenvalue weighted by molar-refractivity contribution is 6.31. The van der Waals surface area contributed by atoms with Crippen molar-refractivity contribution < 1.29 is 0 Å². The second-order valence-electron chi connectivity index (χ2n) is 6.20. The SMILES string of the molecule is CCCNC1CCC(CC)CC1Cc1ccccc1Cl. The molecule has 1 aromatic rings. The van der Waals surface area contributed by atoms with Crippen molar-refractivity contribution in [1.82, 2.24) is 5.32 Å². The quantitative estimate of drug-likeness (QED) is 0.771. The summed E-state index contributed by atoms with van der Waals surface area (Å²) in [6.07, 6.45) is 7.72. The highest BCUT2D eigenvalue weighted by Gasteiger charge is 2.29. The van der Waals surface area contributed by atoms with Crippen molar-refractivity contribution in [3.05, 3.63) is 34.9 Å². The van der Waals surface area contributed by atoms with Crippen LogP contribution in [0.2, 0.25) is 5.02 Å². The van der Waals surface area contributed by atoms with Crippen molar-refractivity contribution in [1.29, 1.82) is 0 Å². The maximum atomic E-state index is 6.35. The normalized spacial score (nSPS) is 26.6. The van der Waals surface area contributed by atoms with Crippen LogP contribution in [-0.4, -0.2) is 12.6 Å². The van der Waals surface area contributed by atoms with Crippen molar-refractivity contribution in [2.45, 2.75) is 58.4 Å². The summed E-state index contributed by atoms with van der Waals surface area (Å²) in [5.74, 6) is 1.64. The van der Waals surface area contributed by atoms with Gasteiger partial charge in [0.25, 0.3) is 0 Å². The van der Waals surface area contributed by atoms with Gasteiger partial charge in [0, 0.05) is 11.1 Å². The molecule has 1 nitrogen and oxygen atoms in total. The molecule has 0 radical (unpaired) electrons. The van der Waals surface area contributed by atoms with Gasteiger partial charge in [-0.1, -0.05) is 50.1 Å². The average Bonchev–Trinajstić information content (AvgIpc) is 2.48. The topological polar surface area (TPSA) is 12.0 Å². The van der Waals surface area contributed by atoms with Crippen molar-refractivity contribution in [2.24, 2.45) is 11.8 Å². The molecule has 0 aromatic heterocycles. The molecule has 2 rings (SSSR count). The zero-order valence-corrected chi connectivity index (χ0v) is 13.6. The Hall–Kier alpha value is -0.530. The van der Waals surface area contributed by atoms with Crippen molar-refractivity contribution in [3.63, 3.8) is 0 Å². The van der Waals surface area contributed by atoms with Crippen LogP contribution in [0.4, 0.5) is 0 Å². The maximum Gasteiger partial charge on any atom is 0.0438 e. The molecule has 2 heteroatoms. The number of halogens is 1. The molecule has 1 N–H and O–H groups in total. The first-order valence-electron chi connectivity index (χ1n) is 8.21. The zero-order chi connectivity index (χ0) is 14.4. The van der Waals surface area contributed by atoms with Crippen LogP contribution in [0.1, 0.15) is 51.5 Å². The van der Waals surface area contributed by atoms with Crippen molar-refractivity contribution in [2.75, 3.05) is 6.54 Å². The lowest BCUT2D eigenvalue weighted by Gasteiger charge is -2.37. The third kappa shape index (κ3) is 4.23. The summed E-state index contributed by atoms with van der Waals surface area (Å²) in [4.78, 5) is 0. The average molecular weight is 294 g/mol. The van der Waals surface area contributed by atoms with Gasteiger partial charge >= 0.3 is 0 Å². The van der Waals surface area contributed by atoms with E-state index in [9.17, 15) is 0 Å². The molecule has 1 fully saturated rings. The molecule has 1 aromatic carbocycles. The van der Waals surface area contributed by atoms with E-state index in [1.807, 2.05) is 12.1 Å². The molecule has 0 bridgehead atoms. The minimum atomic E-state index is 0.675. The van der Waals surface area contributed by atoms with Gasteiger partial charge in [-0.25, -0.2) is 0 Å². The number of rotatable bonds is 6. The summed E-state index contributed by atoms with van der Waals surface area (Å²) in [5, 5.41) is 4.69. The summed E-state index contributed by atoms with van der Waals surface area (Å²) in [6.45, 7) is 5.71. The molecule has 0 saturated heterocycles. The van der Waals surface area contributed by atoms with E-state index in [0.717, 1.165) is 29.8 Å². The van der Waals surface area contributed by atoms with E-state index < -0.39 is 0 Å². The first-order valence-corrected chi connectivity index (χ1v) is 8.59. The Bertz CT molecular complexity index is 404. The van der Waals surface area contributed by atoms with Crippen LogP contribution in [0.15, 0.2) is 24.3 Å². The van der Waals surface area contributed by atoms with Gasteiger partial charge < -0.3 is 5.32 Å². The second kappa shape index (κ2) is 8.05. The van der Waals surface area contributed by atoms with E-state index >= 15 is 0 Å². The van der Waals surface area contributed by atoms with Gasteiger partial charge in [0.15, 0.2) is 0 Å². The van der Waals surface area contributed by atoms with Gasteiger partial charge in [-0.05, 0) is 62.1 Å². The fraction of sp³-hybridized carbons (Fsp3) is 0.667. The summed E-state index contributed by atoms with van der Waals surface area (Å²) in [7, 11) is 0. The summed E-state index contributed by atoms with van der Waals surface area (Å²) >= 11 is 6.35. The fourth-order valence-corrected chi connectivity index (χ4v) is 3.72. The lowest BCUT2D eigenvalue weighted by molar-refractivity contribution is 0.198. The van der Waals surface area contributed by atoms with E-state index in [1.54, 1.807) is 0 Å². The highest BCUT2D eigenvalue weighted by atomic mass is 35.5. The maximum absolute atomic E-state index is 6.35. The minimum absolute atomic E-state index is 0.675. The third-order valence-corrected chi connectivity index (χ3v) is 5.13. The van der Waals surface area contributed by atoms with Crippen LogP contribution in [0.5, 0.6) is 0 Å². The molecular formula is C18H28ClN. The first-order chi connectivity index (χ1) is 9.74. The number of hydrogen-bond donors (Lipinski definition) is 1. The molecule has 1 saturated carbocycles. The van der Waals surface area contributed by atoms with Crippen LogP contribution in [0, 0.1) is 11.8 Å². The summed E-state index contributed by atoms with van der Waals surface area (Å²) < 4.78 is 0. The van der Waals surface area contributed by atoms with Crippen LogP contribution in [0.3, 0.4) is 0 Å². The van der Waals surface area contributed by atoms with E-state index in [4.69, 9.17) is 11.6 Å². The predicted molar refractivity (Wildman–Crippen MR) is 88.4 cm³/mol. The molecule has 0 spiro atoms. The van der Waals surface area contributed by atoms with Gasteiger partial charge in [0.1, 0.15) is 0 Å². The first kappa shape index (κ1) is 15.9. The number of benzene rings is 1. The van der Waals surface area contributed by atoms with Crippen LogP contribution < -0.4 is 5.32 Å². The Labute approximate surface area is 129 Å². The Morgan fingerprint density at radius 2 is 2.00 bits per heavy atom. The Morgan fingerprint density at radius 3 is 2.70 bits per heavy atom. The van der Waals surface area contributed by atoms with Gasteiger partial charge in [-0.15, -0.1) is 0 Å². The number of nitrogens with one attached hydrogen (secondary N) is 1. The lowest BCUT2D eigenvalue weighted by Crippen LogP contribution is -2.42. The summed E-state index contributed by atoms with van der Waals surface area (Å²) in [5.41, 5.74) is 1.32. The van der Waals surface area contributed by atoms with Gasteiger partial charge in [0.2, 0.25) is 0 Å².